The first kappa shape index (κ1) is 40.7. The minimum absolute atomic E-state index is 0.284. The van der Waals surface area contributed by atoms with Gasteiger partial charge in [0.25, 0.3) is 0 Å². The van der Waals surface area contributed by atoms with Gasteiger partial charge in [0.05, 0.1) is 0 Å². The number of carboxylic acid groups (broad SMARTS) is 6. The number of nitrogens with two attached hydrogens (primary N) is 1. The van der Waals surface area contributed by atoms with E-state index in [0.717, 1.165) is 0 Å². The maximum atomic E-state index is 12.3. The van der Waals surface area contributed by atoms with Crippen LogP contribution in [0, 0.1) is 0 Å². The van der Waals surface area contributed by atoms with E-state index < -0.39 is 147 Å². The maximum absolute atomic E-state index is 12.3. The predicted molar refractivity (Wildman–Crippen MR) is 148 cm³/mol. The van der Waals surface area contributed by atoms with Crippen LogP contribution in [0.4, 0.5) is 0 Å². The number of carbonyl (C=O) groups excluding carboxylic acids is 4. The van der Waals surface area contributed by atoms with Gasteiger partial charge >= 0.3 is 35.8 Å². The van der Waals surface area contributed by atoms with Crippen LogP contribution in [0.2, 0.25) is 0 Å². The molecule has 0 rings (SSSR count). The summed E-state index contributed by atoms with van der Waals surface area (Å²) in [6.45, 7) is 0. The van der Waals surface area contributed by atoms with E-state index >= 15 is 0 Å². The zero-order valence-electron chi connectivity index (χ0n) is 24.3. The first-order valence-electron chi connectivity index (χ1n) is 13.6. The molecule has 0 bridgehead atoms. The second-order valence-electron chi connectivity index (χ2n) is 9.87. The lowest BCUT2D eigenvalue weighted by Crippen LogP contribution is -2.45. The van der Waals surface area contributed by atoms with Crippen molar-refractivity contribution >= 4 is 59.4 Å². The van der Waals surface area contributed by atoms with Gasteiger partial charge in [0, 0.05) is 32.1 Å². The molecule has 46 heavy (non-hydrogen) atoms. The van der Waals surface area contributed by atoms with Crippen LogP contribution in [-0.2, 0) is 47.9 Å². The average molecular weight is 664 g/mol. The lowest BCUT2D eigenvalue weighted by molar-refractivity contribution is -0.144. The van der Waals surface area contributed by atoms with Crippen LogP contribution < -0.4 is 27.0 Å². The van der Waals surface area contributed by atoms with E-state index in [4.69, 9.17) is 21.1 Å². The molecule has 0 unspecified atom stereocenters. The topological polar surface area (TPSA) is 366 Å². The van der Waals surface area contributed by atoms with Gasteiger partial charge in [0.15, 0.2) is 0 Å². The molecule has 0 spiro atoms. The van der Waals surface area contributed by atoms with Crippen molar-refractivity contribution in [3.8, 4) is 0 Å². The van der Waals surface area contributed by atoms with Crippen LogP contribution in [0.5, 0.6) is 0 Å². The van der Waals surface area contributed by atoms with E-state index in [-0.39, 0.29) is 6.42 Å². The third-order valence-electron chi connectivity index (χ3n) is 6.16. The highest BCUT2D eigenvalue weighted by molar-refractivity contribution is 5.88. The van der Waals surface area contributed by atoms with Gasteiger partial charge in [-0.1, -0.05) is 0 Å². The first-order chi connectivity index (χ1) is 21.3. The van der Waals surface area contributed by atoms with Crippen molar-refractivity contribution in [2.75, 3.05) is 0 Å². The smallest absolute Gasteiger partial charge is 0.326 e. The second kappa shape index (κ2) is 20.6. The standard InChI is InChI=1S/C25H37N5O16/c26-11(21(37)38)1-6-16(31)27-12(22(39)40)2-7-17(32)28-13(23(41)42)3-8-18(33)29-14(24(43)44)4-9-19(34)30-15(25(45)46)5-10-20(35)36/h11-15H,1-10,26H2,(H,27,31)(H,28,32)(H,29,33)(H,30,34)(H,35,36)(H,37,38)(H,39,40)(H,41,42)(H,43,44)(H,45,46)/t11-,12-,13-,14-,15-/m1/s1. The summed E-state index contributed by atoms with van der Waals surface area (Å²) in [5.74, 6) is -12.6. The molecule has 4 amide bonds. The highest BCUT2D eigenvalue weighted by Gasteiger charge is 2.27. The van der Waals surface area contributed by atoms with E-state index in [0.29, 0.717) is 0 Å². The van der Waals surface area contributed by atoms with Gasteiger partial charge in [-0.15, -0.1) is 0 Å². The SMILES string of the molecule is N[C@H](CCC(=O)N[C@H](CCC(=O)N[C@H](CCC(=O)N[C@H](CCC(=O)N[C@H](CCC(=O)O)C(=O)O)C(=O)O)C(=O)O)C(=O)O)C(=O)O. The van der Waals surface area contributed by atoms with E-state index in [1.165, 1.54) is 0 Å². The predicted octanol–water partition coefficient (Wildman–Crippen LogP) is -3.34. The summed E-state index contributed by atoms with van der Waals surface area (Å²) in [5, 5.41) is 62.8. The Bertz CT molecular complexity index is 1180. The molecule has 0 aromatic rings. The summed E-state index contributed by atoms with van der Waals surface area (Å²) in [6.07, 6.45) is -4.98. The number of hydrogen-bond donors (Lipinski definition) is 11. The van der Waals surface area contributed by atoms with Gasteiger partial charge in [-0.3, -0.25) is 28.8 Å². The molecule has 0 aliphatic carbocycles. The van der Waals surface area contributed by atoms with Crippen molar-refractivity contribution in [3.05, 3.63) is 0 Å². The minimum Gasteiger partial charge on any atom is -0.481 e. The van der Waals surface area contributed by atoms with Gasteiger partial charge in [-0.25, -0.2) is 19.2 Å². The van der Waals surface area contributed by atoms with Crippen molar-refractivity contribution in [1.29, 1.82) is 0 Å². The number of carbonyl (C=O) groups is 10. The normalized spacial score (nSPS) is 13.8. The van der Waals surface area contributed by atoms with Crippen molar-refractivity contribution in [3.63, 3.8) is 0 Å². The third-order valence-corrected chi connectivity index (χ3v) is 6.16. The highest BCUT2D eigenvalue weighted by atomic mass is 16.4. The monoisotopic (exact) mass is 663 g/mol. The Morgan fingerprint density at radius 1 is 0.391 bits per heavy atom. The quantitative estimate of drug-likeness (QED) is 0.0480. The molecule has 0 aliphatic rings. The van der Waals surface area contributed by atoms with Crippen LogP contribution in [-0.4, -0.2) is 120 Å². The van der Waals surface area contributed by atoms with Gasteiger partial charge in [0.2, 0.25) is 23.6 Å². The van der Waals surface area contributed by atoms with E-state index in [1.54, 1.807) is 0 Å². The van der Waals surface area contributed by atoms with Crippen LogP contribution in [0.3, 0.4) is 0 Å². The highest BCUT2D eigenvalue weighted by Crippen LogP contribution is 2.06. The Labute approximate surface area is 259 Å². The molecular formula is C25H37N5O16. The number of aliphatic carboxylic acids is 6. The van der Waals surface area contributed by atoms with Crippen LogP contribution in [0.25, 0.3) is 0 Å². The Morgan fingerprint density at radius 2 is 0.630 bits per heavy atom. The van der Waals surface area contributed by atoms with E-state index in [1.807, 2.05) is 5.32 Å². The van der Waals surface area contributed by atoms with Crippen molar-refractivity contribution in [2.45, 2.75) is 94.4 Å². The lowest BCUT2D eigenvalue weighted by Gasteiger charge is -2.18. The Balaban J connectivity index is 4.92. The van der Waals surface area contributed by atoms with E-state index in [9.17, 15) is 63.3 Å². The van der Waals surface area contributed by atoms with Crippen LogP contribution >= 0.6 is 0 Å². The number of carboxylic acids is 6. The maximum Gasteiger partial charge on any atom is 0.326 e. The summed E-state index contributed by atoms with van der Waals surface area (Å²) in [7, 11) is 0. The average Bonchev–Trinajstić information content (AvgIpc) is 2.95. The molecule has 5 atom stereocenters. The molecule has 21 heteroatoms. The Morgan fingerprint density at radius 3 is 0.848 bits per heavy atom. The second-order valence-corrected chi connectivity index (χ2v) is 9.87. The first-order valence-corrected chi connectivity index (χ1v) is 13.6. The fourth-order valence-corrected chi connectivity index (χ4v) is 3.60. The van der Waals surface area contributed by atoms with Crippen LogP contribution in [0.1, 0.15) is 64.2 Å². The van der Waals surface area contributed by atoms with Crippen molar-refractivity contribution in [2.24, 2.45) is 5.73 Å². The summed E-state index contributed by atoms with van der Waals surface area (Å²) in [4.78, 5) is 116. The molecule has 12 N–H and O–H groups in total. The molecule has 0 aromatic carbocycles. The number of nitrogens with one attached hydrogen (secondary N) is 4. The number of rotatable bonds is 24. The summed E-state index contributed by atoms with van der Waals surface area (Å²) in [5.41, 5.74) is 5.27. The Hall–Kier alpha value is -5.34. The molecular weight excluding hydrogens is 626 g/mol. The fourth-order valence-electron chi connectivity index (χ4n) is 3.60. The summed E-state index contributed by atoms with van der Waals surface area (Å²) < 4.78 is 0. The fraction of sp³-hybridized carbons (Fsp3) is 0.600. The van der Waals surface area contributed by atoms with Gasteiger partial charge in [-0.05, 0) is 32.1 Å². The summed E-state index contributed by atoms with van der Waals surface area (Å²) in [6, 6.07) is -7.80. The molecule has 0 aromatic heterocycles. The largest absolute Gasteiger partial charge is 0.481 e. The van der Waals surface area contributed by atoms with Crippen molar-refractivity contribution in [1.82, 2.24) is 21.3 Å². The molecule has 0 aliphatic heterocycles. The lowest BCUT2D eigenvalue weighted by atomic mass is 10.1. The molecule has 0 saturated heterocycles. The van der Waals surface area contributed by atoms with Gasteiger partial charge < -0.3 is 57.6 Å². The minimum atomic E-state index is -1.67. The molecule has 258 valence electrons. The molecule has 0 heterocycles. The van der Waals surface area contributed by atoms with Gasteiger partial charge in [-0.2, -0.15) is 0 Å². The molecule has 0 fully saturated rings. The number of hydrogen-bond acceptors (Lipinski definition) is 11. The van der Waals surface area contributed by atoms with Gasteiger partial charge in [0.1, 0.15) is 30.2 Å². The van der Waals surface area contributed by atoms with Crippen molar-refractivity contribution < 1.29 is 78.6 Å². The Kier molecular flexibility index (Phi) is 18.2. The molecule has 0 saturated carbocycles. The third kappa shape index (κ3) is 17.7. The summed E-state index contributed by atoms with van der Waals surface area (Å²) >= 11 is 0. The molecule has 0 radical (unpaired) electrons. The zero-order chi connectivity index (χ0) is 35.6. The zero-order valence-corrected chi connectivity index (χ0v) is 24.3. The molecule has 21 nitrogen and oxygen atoms in total. The van der Waals surface area contributed by atoms with Crippen LogP contribution in [0.15, 0.2) is 0 Å². The van der Waals surface area contributed by atoms with E-state index in [2.05, 4.69) is 16.0 Å². The number of amides is 4.